The minimum atomic E-state index is -0.731. The summed E-state index contributed by atoms with van der Waals surface area (Å²) in [7, 11) is 3.37. The second-order valence-corrected chi connectivity index (χ2v) is 16.5. The Balaban J connectivity index is 0.00000595. The highest BCUT2D eigenvalue weighted by molar-refractivity contribution is 6.07. The number of anilines is 3. The van der Waals surface area contributed by atoms with E-state index < -0.39 is 11.9 Å². The van der Waals surface area contributed by atoms with Gasteiger partial charge in [-0.25, -0.2) is 9.97 Å². The molecule has 2 atom stereocenters. The highest BCUT2D eigenvalue weighted by atomic mass is 35.5. The summed E-state index contributed by atoms with van der Waals surface area (Å²) < 4.78 is 7.45. The molecule has 5 amide bonds. The summed E-state index contributed by atoms with van der Waals surface area (Å²) in [5, 5.41) is 13.7. The van der Waals surface area contributed by atoms with E-state index >= 15 is 0 Å². The number of methoxy groups -OCH3 is 1. The lowest BCUT2D eigenvalue weighted by molar-refractivity contribution is -0.137. The summed E-state index contributed by atoms with van der Waals surface area (Å²) in [6.45, 7) is 2.77. The van der Waals surface area contributed by atoms with Crippen molar-refractivity contribution in [1.29, 1.82) is 0 Å². The van der Waals surface area contributed by atoms with Gasteiger partial charge in [0.25, 0.3) is 5.91 Å². The predicted octanol–water partition coefficient (Wildman–Crippen LogP) is 4.98. The average Bonchev–Trinajstić information content (AvgIpc) is 4.05. The van der Waals surface area contributed by atoms with Crippen molar-refractivity contribution in [3.63, 3.8) is 0 Å². The summed E-state index contributed by atoms with van der Waals surface area (Å²) >= 11 is 0. The van der Waals surface area contributed by atoms with Gasteiger partial charge in [-0.3, -0.25) is 38.8 Å². The number of Topliss-reactive ketones (excluding diaryl/α,β-unsaturated/α-hetero) is 1. The largest absolute Gasteiger partial charge is 0.496 e. The fourth-order valence-electron chi connectivity index (χ4n) is 9.16. The van der Waals surface area contributed by atoms with Crippen molar-refractivity contribution < 1.29 is 33.5 Å². The monoisotopic (exact) mass is 880 g/mol. The maximum atomic E-state index is 13.3. The number of imide groups is 1. The third kappa shape index (κ3) is 9.43. The Morgan fingerprint density at radius 1 is 1.02 bits per heavy atom. The van der Waals surface area contributed by atoms with Crippen LogP contribution in [0.3, 0.4) is 0 Å². The molecule has 1 unspecified atom stereocenters. The van der Waals surface area contributed by atoms with E-state index in [1.807, 2.05) is 19.2 Å². The Bertz CT molecular complexity index is 2420. The number of halogens is 1. The molecule has 1 saturated carbocycles. The first-order valence-corrected chi connectivity index (χ1v) is 21.6. The van der Waals surface area contributed by atoms with Gasteiger partial charge in [-0.1, -0.05) is 43.2 Å². The van der Waals surface area contributed by atoms with Crippen LogP contribution in [0.25, 0.3) is 0 Å². The van der Waals surface area contributed by atoms with Crippen LogP contribution in [0.15, 0.2) is 48.8 Å². The quantitative estimate of drug-likeness (QED) is 0.0870. The minimum Gasteiger partial charge on any atom is -0.496 e. The molecule has 0 radical (unpaired) electrons. The van der Waals surface area contributed by atoms with Crippen LogP contribution < -0.4 is 25.2 Å². The van der Waals surface area contributed by atoms with Gasteiger partial charge < -0.3 is 24.8 Å². The number of aryl methyl sites for hydroxylation is 2. The molecule has 0 spiro atoms. The highest BCUT2D eigenvalue weighted by Gasteiger charge is 2.42. The number of carbonyl (C=O) groups excluding carboxylic acids is 6. The molecule has 18 heteroatoms. The molecule has 2 N–H and O–H groups in total. The molecule has 1 aliphatic carbocycles. The fraction of sp³-hybridized carbons (Fsp3) is 0.467. The number of hydrogen-bond acceptors (Lipinski definition) is 12. The van der Waals surface area contributed by atoms with Gasteiger partial charge in [-0.05, 0) is 56.7 Å². The second-order valence-electron chi connectivity index (χ2n) is 16.5. The number of fused-ring (bicyclic) bond motifs is 2. The lowest BCUT2D eigenvalue weighted by Crippen LogP contribution is -2.55. The van der Waals surface area contributed by atoms with Gasteiger partial charge in [0.1, 0.15) is 29.3 Å². The van der Waals surface area contributed by atoms with Crippen LogP contribution in [0.5, 0.6) is 5.75 Å². The molecular weight excluding hydrogens is 828 g/mol. The maximum absolute atomic E-state index is 13.3. The number of nitrogens with zero attached hydrogens (tertiary/aromatic N) is 8. The normalized spacial score (nSPS) is 18.6. The molecule has 63 heavy (non-hydrogen) atoms. The first kappa shape index (κ1) is 44.8. The first-order chi connectivity index (χ1) is 30.0. The zero-order chi connectivity index (χ0) is 43.5. The zero-order valence-corrected chi connectivity index (χ0v) is 36.6. The van der Waals surface area contributed by atoms with E-state index in [1.54, 1.807) is 60.3 Å². The van der Waals surface area contributed by atoms with E-state index in [-0.39, 0.29) is 86.1 Å². The van der Waals surface area contributed by atoms with Crippen LogP contribution in [-0.2, 0) is 45.1 Å². The van der Waals surface area contributed by atoms with E-state index in [1.165, 1.54) is 4.90 Å². The van der Waals surface area contributed by atoms with Crippen molar-refractivity contribution >= 4 is 64.9 Å². The smallest absolute Gasteiger partial charge is 0.255 e. The van der Waals surface area contributed by atoms with Crippen molar-refractivity contribution in [3.05, 3.63) is 82.6 Å². The molecule has 3 aliphatic heterocycles. The average molecular weight is 881 g/mol. The molecule has 2 aromatic heterocycles. The van der Waals surface area contributed by atoms with Crippen molar-refractivity contribution in [2.24, 2.45) is 0 Å². The van der Waals surface area contributed by atoms with Crippen LogP contribution in [-0.4, -0.2) is 97.5 Å². The van der Waals surface area contributed by atoms with Crippen LogP contribution in [0.4, 0.5) is 17.2 Å². The molecule has 332 valence electrons. The van der Waals surface area contributed by atoms with E-state index in [0.717, 1.165) is 42.8 Å². The molecule has 2 aromatic carbocycles. The third-order valence-corrected chi connectivity index (χ3v) is 12.5. The molecule has 1 saturated heterocycles. The Morgan fingerprint density at radius 3 is 2.59 bits per heavy atom. The summed E-state index contributed by atoms with van der Waals surface area (Å²) in [5.74, 6) is 0.692. The lowest BCUT2D eigenvalue weighted by atomic mass is 10.0. The Hall–Kier alpha value is -6.23. The van der Waals surface area contributed by atoms with Gasteiger partial charge in [0.2, 0.25) is 23.6 Å². The standard InChI is InChI=1S/C45H52N10O7.ClH/c1-4-34-45(61)52(2)36-24-46-39(48-42(36)55(34)30-10-5-6-11-30)23-28-16-15-27(22-38(28)62-3)37(56)19-17-29-25-53(51-50-29)21-8-7-14-40(57)47-33-13-9-12-31-32(33)26-54(44(31)60)35-18-20-41(58)49-43(35)59;/h9,12-13,15-16,22,24-25,30,34-35H,4-8,10-11,14,17-21,23,26H2,1-3H3,(H,47,57)(H,49,58,59);1H/t34-,35?;/m1./s1. The lowest BCUT2D eigenvalue weighted by Gasteiger charge is -2.43. The Kier molecular flexibility index (Phi) is 13.8. The van der Waals surface area contributed by atoms with Gasteiger partial charge >= 0.3 is 0 Å². The molecule has 0 bridgehead atoms. The number of likely N-dealkylation sites (N-methyl/N-ethyl adjacent to an activating group) is 1. The van der Waals surface area contributed by atoms with Crippen LogP contribution in [0.2, 0.25) is 0 Å². The fourth-order valence-corrected chi connectivity index (χ4v) is 9.16. The summed E-state index contributed by atoms with van der Waals surface area (Å²) in [6.07, 6.45) is 11.6. The number of ketones is 1. The second kappa shape index (κ2) is 19.4. The number of hydrogen-bond donors (Lipinski definition) is 2. The van der Waals surface area contributed by atoms with Crippen LogP contribution >= 0.6 is 12.4 Å². The van der Waals surface area contributed by atoms with E-state index in [9.17, 15) is 28.8 Å². The summed E-state index contributed by atoms with van der Waals surface area (Å²) in [5.41, 5.74) is 4.41. The molecule has 17 nitrogen and oxygen atoms in total. The number of unbranched alkanes of at least 4 members (excludes halogenated alkanes) is 1. The number of amides is 5. The van der Waals surface area contributed by atoms with E-state index in [4.69, 9.17) is 9.72 Å². The number of piperidine rings is 1. The molecule has 4 aliphatic rings. The van der Waals surface area contributed by atoms with Crippen molar-refractivity contribution in [1.82, 2.24) is 35.2 Å². The first-order valence-electron chi connectivity index (χ1n) is 21.6. The number of benzene rings is 2. The van der Waals surface area contributed by atoms with Crippen molar-refractivity contribution in [2.75, 3.05) is 29.3 Å². The molecule has 4 aromatic rings. The predicted molar refractivity (Wildman–Crippen MR) is 235 cm³/mol. The highest BCUT2D eigenvalue weighted by Crippen LogP contribution is 2.40. The Morgan fingerprint density at radius 2 is 1.83 bits per heavy atom. The van der Waals surface area contributed by atoms with Gasteiger partial charge in [-0.15, -0.1) is 17.5 Å². The number of ether oxygens (including phenoxy) is 1. The van der Waals surface area contributed by atoms with E-state index in [2.05, 4.69) is 30.8 Å². The molecule has 5 heterocycles. The maximum Gasteiger partial charge on any atom is 0.255 e. The van der Waals surface area contributed by atoms with E-state index in [0.29, 0.717) is 78.3 Å². The van der Waals surface area contributed by atoms with Gasteiger partial charge in [-0.2, -0.15) is 0 Å². The molecule has 2 fully saturated rings. The van der Waals surface area contributed by atoms with Crippen LogP contribution in [0.1, 0.15) is 121 Å². The number of carbonyl (C=O) groups is 6. The van der Waals surface area contributed by atoms with Gasteiger partial charge in [0.15, 0.2) is 11.6 Å². The zero-order valence-electron chi connectivity index (χ0n) is 35.8. The third-order valence-electron chi connectivity index (χ3n) is 12.5. The van der Waals surface area contributed by atoms with Crippen molar-refractivity contribution in [2.45, 2.75) is 122 Å². The number of rotatable bonds is 16. The molecule has 8 rings (SSSR count). The summed E-state index contributed by atoms with van der Waals surface area (Å²) in [4.78, 5) is 91.8. The van der Waals surface area contributed by atoms with Gasteiger partial charge in [0, 0.05) is 92.4 Å². The summed E-state index contributed by atoms with van der Waals surface area (Å²) in [6, 6.07) is 9.86. The van der Waals surface area contributed by atoms with Crippen LogP contribution in [0, 0.1) is 0 Å². The number of aromatic nitrogens is 5. The Labute approximate surface area is 371 Å². The van der Waals surface area contributed by atoms with Gasteiger partial charge in [0.05, 0.1) is 19.0 Å². The van der Waals surface area contributed by atoms with Crippen molar-refractivity contribution in [3.8, 4) is 5.75 Å². The minimum absolute atomic E-state index is 0. The molecular formula is C45H53ClN10O7. The number of nitrogens with one attached hydrogen (secondary N) is 2. The SMILES string of the molecule is CC[C@@H]1C(=O)N(C)c2cnc(Cc3ccc(C(=O)CCc4cn(CCCCC(=O)Nc5cccc6c5CN(C5CCC(=O)NC5=O)C6=O)nn4)cc3OC)nc2N1C1CCCC1.Cl. The topological polar surface area (TPSA) is 202 Å².